The normalized spacial score (nSPS) is 15.7. The van der Waals surface area contributed by atoms with Crippen molar-refractivity contribution in [2.75, 3.05) is 18.6 Å². The van der Waals surface area contributed by atoms with E-state index < -0.39 is 29.5 Å². The van der Waals surface area contributed by atoms with Gasteiger partial charge in [-0.15, -0.1) is 0 Å². The van der Waals surface area contributed by atoms with Gasteiger partial charge in [-0.05, 0) is 50.1 Å². The number of para-hydroxylation sites is 1. The molecule has 6 rings (SSSR count). The van der Waals surface area contributed by atoms with E-state index in [-0.39, 0.29) is 39.7 Å². The lowest BCUT2D eigenvalue weighted by atomic mass is 9.95. The fraction of sp³-hybridized carbons (Fsp3) is 0.243. The summed E-state index contributed by atoms with van der Waals surface area (Å²) >= 11 is 1.10. The van der Waals surface area contributed by atoms with E-state index in [9.17, 15) is 19.2 Å². The van der Waals surface area contributed by atoms with Crippen LogP contribution in [0.3, 0.4) is 0 Å². The van der Waals surface area contributed by atoms with E-state index in [1.807, 2.05) is 55.5 Å². The number of aryl methyl sites for hydroxylation is 1. The lowest BCUT2D eigenvalue weighted by Gasteiger charge is -2.25. The average molecular weight is 698 g/mol. The lowest BCUT2D eigenvalue weighted by molar-refractivity contribution is -0.139. The molecule has 12 nitrogen and oxygen atoms in total. The number of aromatic nitrogens is 1. The predicted octanol–water partition coefficient (Wildman–Crippen LogP) is 4.05. The molecule has 4 aromatic rings. The summed E-state index contributed by atoms with van der Waals surface area (Å²) in [4.78, 5) is 69.4. The smallest absolute Gasteiger partial charge is 0.338 e. The zero-order valence-corrected chi connectivity index (χ0v) is 29.1. The van der Waals surface area contributed by atoms with Crippen molar-refractivity contribution < 1.29 is 38.5 Å². The van der Waals surface area contributed by atoms with Crippen LogP contribution in [-0.2, 0) is 30.5 Å². The number of anilines is 1. The number of hydrogen-bond acceptors (Lipinski definition) is 10. The number of aliphatic carboxylic acids is 1. The molecular weight excluding hydrogens is 662 g/mol. The number of thiazole rings is 1. The summed E-state index contributed by atoms with van der Waals surface area (Å²) in [6.07, 6.45) is 0. The number of ether oxygens (including phenoxy) is 3. The van der Waals surface area contributed by atoms with Crippen LogP contribution >= 0.6 is 11.3 Å². The van der Waals surface area contributed by atoms with Gasteiger partial charge in [0.05, 0.1) is 48.8 Å². The van der Waals surface area contributed by atoms with Gasteiger partial charge in [0.15, 0.2) is 16.3 Å². The van der Waals surface area contributed by atoms with Crippen LogP contribution in [0.1, 0.15) is 56.0 Å². The third kappa shape index (κ3) is 6.99. The molecule has 0 saturated carbocycles. The van der Waals surface area contributed by atoms with Gasteiger partial charge in [0.2, 0.25) is 0 Å². The monoisotopic (exact) mass is 697 g/mol. The van der Waals surface area contributed by atoms with Gasteiger partial charge in [0, 0.05) is 19.4 Å². The van der Waals surface area contributed by atoms with Crippen LogP contribution in [0, 0.1) is 6.92 Å². The maximum atomic E-state index is 14.5. The minimum Gasteiger partial charge on any atom is -0.493 e. The van der Waals surface area contributed by atoms with Crippen molar-refractivity contribution in [1.29, 1.82) is 0 Å². The molecule has 2 aliphatic heterocycles. The number of rotatable bonds is 7. The molecule has 2 aliphatic rings. The van der Waals surface area contributed by atoms with Gasteiger partial charge in [-0.1, -0.05) is 65.4 Å². The molecule has 258 valence electrons. The summed E-state index contributed by atoms with van der Waals surface area (Å²) in [5.74, 6) is -1.85. The van der Waals surface area contributed by atoms with Crippen LogP contribution in [0.15, 0.2) is 87.8 Å². The summed E-state index contributed by atoms with van der Waals surface area (Å²) in [6, 6.07) is 19.2. The second-order valence-corrected chi connectivity index (χ2v) is 12.4. The van der Waals surface area contributed by atoms with Crippen LogP contribution in [-0.4, -0.2) is 47.2 Å². The molecule has 1 N–H and O–H groups in total. The number of allylic oxidation sites excluding steroid dienone is 1. The molecular formula is C37H35N3O9S. The van der Waals surface area contributed by atoms with Gasteiger partial charge in [-0.2, -0.15) is 0 Å². The van der Waals surface area contributed by atoms with E-state index in [1.54, 1.807) is 36.9 Å². The number of carboxylic acid groups (broad SMARTS) is 1. The number of fused-ring (bicyclic) bond motifs is 2. The number of amides is 1. The Hall–Kier alpha value is -5.82. The van der Waals surface area contributed by atoms with Crippen molar-refractivity contribution in [2.24, 2.45) is 4.99 Å². The Kier molecular flexibility index (Phi) is 10.5. The molecule has 0 spiro atoms. The highest BCUT2D eigenvalue weighted by Gasteiger charge is 2.37. The van der Waals surface area contributed by atoms with Gasteiger partial charge >= 0.3 is 11.9 Å². The molecule has 1 unspecified atom stereocenters. The average Bonchev–Trinajstić information content (AvgIpc) is 3.52. The first-order valence-corrected chi connectivity index (χ1v) is 16.4. The second kappa shape index (κ2) is 14.7. The van der Waals surface area contributed by atoms with E-state index in [0.29, 0.717) is 33.9 Å². The van der Waals surface area contributed by atoms with E-state index >= 15 is 0 Å². The Bertz CT molecular complexity index is 2230. The third-order valence-corrected chi connectivity index (χ3v) is 8.91. The summed E-state index contributed by atoms with van der Waals surface area (Å²) in [7, 11) is 1.43. The van der Waals surface area contributed by atoms with Gasteiger partial charge in [0.1, 0.15) is 4.53 Å². The van der Waals surface area contributed by atoms with Gasteiger partial charge in [0.25, 0.3) is 17.4 Å². The molecule has 0 bridgehead atoms. The highest BCUT2D eigenvalue weighted by atomic mass is 32.1. The Balaban J connectivity index is 0.00000115. The molecule has 3 aromatic carbocycles. The first-order valence-electron chi connectivity index (χ1n) is 15.6. The Labute approximate surface area is 291 Å². The summed E-state index contributed by atoms with van der Waals surface area (Å²) in [5, 5.41) is 7.42. The topological polar surface area (TPSA) is 154 Å². The van der Waals surface area contributed by atoms with Gasteiger partial charge < -0.3 is 24.2 Å². The number of carbonyl (C=O) groups excluding carboxylic acids is 3. The largest absolute Gasteiger partial charge is 0.493 e. The molecule has 1 amide bonds. The van der Waals surface area contributed by atoms with Crippen molar-refractivity contribution in [1.82, 2.24) is 4.57 Å². The fourth-order valence-electron chi connectivity index (χ4n) is 5.78. The maximum Gasteiger partial charge on any atom is 0.338 e. The summed E-state index contributed by atoms with van der Waals surface area (Å²) in [6.45, 7) is 8.20. The van der Waals surface area contributed by atoms with E-state index in [2.05, 4.69) is 4.99 Å². The lowest BCUT2D eigenvalue weighted by Crippen LogP contribution is -2.41. The molecule has 3 heterocycles. The van der Waals surface area contributed by atoms with Crippen molar-refractivity contribution in [2.45, 2.75) is 47.2 Å². The molecule has 13 heteroatoms. The number of methoxy groups -OCH3 is 1. The molecule has 50 heavy (non-hydrogen) atoms. The second-order valence-electron chi connectivity index (χ2n) is 11.4. The first kappa shape index (κ1) is 35.5. The number of esters is 2. The predicted molar refractivity (Wildman–Crippen MR) is 186 cm³/mol. The summed E-state index contributed by atoms with van der Waals surface area (Å²) in [5.41, 5.74) is 4.29. The van der Waals surface area contributed by atoms with Gasteiger partial charge in [-0.25, -0.2) is 9.79 Å². The van der Waals surface area contributed by atoms with Crippen LogP contribution < -0.4 is 29.3 Å². The zero-order valence-electron chi connectivity index (χ0n) is 28.3. The van der Waals surface area contributed by atoms with Crippen LogP contribution in [0.2, 0.25) is 0 Å². The Morgan fingerprint density at radius 2 is 1.64 bits per heavy atom. The molecule has 0 fully saturated rings. The molecule has 0 radical (unpaired) electrons. The first-order chi connectivity index (χ1) is 23.9. The molecule has 0 aliphatic carbocycles. The van der Waals surface area contributed by atoms with Crippen molar-refractivity contribution in [3.8, 4) is 11.5 Å². The molecule has 0 saturated heterocycles. The van der Waals surface area contributed by atoms with E-state index in [4.69, 9.17) is 24.1 Å². The highest BCUT2D eigenvalue weighted by molar-refractivity contribution is 7.07. The Morgan fingerprint density at radius 3 is 2.28 bits per heavy atom. The van der Waals surface area contributed by atoms with Crippen LogP contribution in [0.4, 0.5) is 5.69 Å². The molecule has 1 atom stereocenters. The number of carbonyl (C=O) groups is 4. The van der Waals surface area contributed by atoms with Crippen molar-refractivity contribution >= 4 is 46.4 Å². The number of carboxylic acids is 1. The van der Waals surface area contributed by atoms with E-state index in [0.717, 1.165) is 29.4 Å². The number of hydrogen-bond donors (Lipinski definition) is 1. The van der Waals surface area contributed by atoms with Crippen molar-refractivity contribution in [3.63, 3.8) is 0 Å². The highest BCUT2D eigenvalue weighted by Crippen LogP contribution is 2.38. The minimum absolute atomic E-state index is 0.119. The standard InChI is InChI=1S/C35H31N3O7S.C2H4O2/c1-6-44-34(42)28-20(3)36-35-38(30(28)23-15-16-26(45-21(4)39)27(17-23)43-5)33(41)31(46-35)29-24-9-7-8-10-25(24)37(32(29)40)18-22-13-11-19(2)12-14-22;1-2(3)4/h7-17,30H,6,18H2,1-5H3;1H3,(H,3,4)/b31-29-;. The fourth-order valence-corrected chi connectivity index (χ4v) is 6.92. The van der Waals surface area contributed by atoms with Crippen molar-refractivity contribution in [3.05, 3.63) is 120 Å². The van der Waals surface area contributed by atoms with Crippen LogP contribution in [0.25, 0.3) is 5.57 Å². The summed E-state index contributed by atoms with van der Waals surface area (Å²) < 4.78 is 17.8. The maximum absolute atomic E-state index is 14.5. The van der Waals surface area contributed by atoms with Gasteiger partial charge in [-0.3, -0.25) is 23.7 Å². The third-order valence-electron chi connectivity index (χ3n) is 7.86. The zero-order chi connectivity index (χ0) is 36.3. The Morgan fingerprint density at radius 1 is 0.960 bits per heavy atom. The van der Waals surface area contributed by atoms with E-state index in [1.165, 1.54) is 18.6 Å². The quantitative estimate of drug-likeness (QED) is 0.223. The number of benzene rings is 3. The van der Waals surface area contributed by atoms with Crippen LogP contribution in [0.5, 0.6) is 11.5 Å². The number of nitrogens with zero attached hydrogens (tertiary/aromatic N) is 3. The SMILES string of the molecule is CC(=O)O.CCOC(=O)C1=C(C)N=c2s/c(=C3\C(=O)N(Cc4ccc(C)cc4)c4ccccc43)c(=O)n2C1c1ccc(OC(C)=O)c(OC)c1. The minimum atomic E-state index is -0.958. The molecule has 1 aromatic heterocycles.